The molecule has 0 bridgehead atoms. The van der Waals surface area contributed by atoms with E-state index in [-0.39, 0.29) is 62.5 Å². The monoisotopic (exact) mass is 1170 g/mol. The number of nitrogens with one attached hydrogen (secondary N) is 4. The molecule has 0 radical (unpaired) electrons. The maximum absolute atomic E-state index is 13.8. The molecule has 0 heterocycles. The number of thioether (sulfide) groups is 1. The minimum atomic E-state index is -1.06. The van der Waals surface area contributed by atoms with Gasteiger partial charge in [-0.15, -0.1) is 11.8 Å². The third-order valence-electron chi connectivity index (χ3n) is 14.9. The van der Waals surface area contributed by atoms with Crippen LogP contribution in [0.4, 0.5) is 9.59 Å². The van der Waals surface area contributed by atoms with Gasteiger partial charge in [0.2, 0.25) is 11.8 Å². The Morgan fingerprint density at radius 1 is 0.541 bits per heavy atom. The highest BCUT2D eigenvalue weighted by Crippen LogP contribution is 2.50. The highest BCUT2D eigenvalue weighted by atomic mass is 32.2. The summed E-state index contributed by atoms with van der Waals surface area (Å²) in [5.74, 6) is -1.97. The van der Waals surface area contributed by atoms with Gasteiger partial charge in [-0.05, 0) is 80.5 Å². The number of carbonyl (C=O) groups is 6. The molecule has 4 atom stereocenters. The number of benzene rings is 7. The first-order chi connectivity index (χ1) is 41.2. The number of rotatable bonds is 21. The zero-order valence-electron chi connectivity index (χ0n) is 49.7. The smallest absolute Gasteiger partial charge is 0.407 e. The fraction of sp³-hybridized carbons (Fsp3) is 0.314. The van der Waals surface area contributed by atoms with Gasteiger partial charge in [-0.25, -0.2) is 14.4 Å². The minimum Gasteiger partial charge on any atom is -0.480 e. The number of Topliss-reactive ketones (excluding diaryl/α,β-unsaturated/α-hetero) is 1. The predicted octanol–water partition coefficient (Wildman–Crippen LogP) is 12.9. The van der Waals surface area contributed by atoms with Gasteiger partial charge < -0.3 is 41.6 Å². The van der Waals surface area contributed by atoms with Gasteiger partial charge in [-0.2, -0.15) is 0 Å². The van der Waals surface area contributed by atoms with E-state index in [1.165, 1.54) is 0 Å². The quantitative estimate of drug-likeness (QED) is 0.0372. The van der Waals surface area contributed by atoms with Crippen molar-refractivity contribution >= 4 is 47.5 Å². The lowest BCUT2D eigenvalue weighted by Gasteiger charge is -2.36. The Morgan fingerprint density at radius 2 is 0.871 bits per heavy atom. The standard InChI is InChI=1S/C43H42N2O4S.C19H19NO4.C5H12N2O.C2H6.CH4/c1-3-39(45-42(48)49-28-38-36-25-15-13-23-34(36)35-24-14-16-26-37(35)38)40(46)27-30(41(47)44-2)29-50-43(31-17-7-4-8-18-31,32-19-9-5-10-20-32)33-21-11-6-12-22-33;1-2-17(18(21)22)20-19(23)24-11-16-14-9-5-3-7-12(14)13-8-4-6-10-15(13)16;1-3-4(6)5(8)7-2;1-2;/h4-26,30,38-39H,3,27-29H2,1-2H3,(H,44,47)(H,45,48);3-10,16-17H,2,11H2,1H3,(H,20,23)(H,21,22);4H,3,6H2,1-2H3,(H,7,8);1-2H3;1H4/i;;;1D;. The van der Waals surface area contributed by atoms with Gasteiger partial charge in [0.15, 0.2) is 5.78 Å². The second-order valence-corrected chi connectivity index (χ2v) is 21.1. The van der Waals surface area contributed by atoms with Crippen LogP contribution in [0.2, 0.25) is 0 Å². The molecule has 7 N–H and O–H groups in total. The van der Waals surface area contributed by atoms with Gasteiger partial charge >= 0.3 is 18.2 Å². The Hall–Kier alpha value is -8.53. The van der Waals surface area contributed by atoms with Crippen LogP contribution in [0.3, 0.4) is 0 Å². The van der Waals surface area contributed by atoms with Crippen molar-refractivity contribution in [1.82, 2.24) is 21.3 Å². The van der Waals surface area contributed by atoms with Crippen molar-refractivity contribution in [1.29, 1.82) is 0 Å². The summed E-state index contributed by atoms with van der Waals surface area (Å²) in [6, 6.07) is 61.2. The van der Waals surface area contributed by atoms with Crippen LogP contribution in [-0.2, 0) is 33.4 Å². The fourth-order valence-corrected chi connectivity index (χ4v) is 12.1. The van der Waals surface area contributed by atoms with Crippen LogP contribution in [0.25, 0.3) is 22.3 Å². The molecule has 9 rings (SSSR count). The number of ether oxygens (including phenoxy) is 2. The minimum absolute atomic E-state index is 0. The van der Waals surface area contributed by atoms with E-state index in [1.54, 1.807) is 39.7 Å². The molecule has 0 aliphatic heterocycles. The zero-order valence-corrected chi connectivity index (χ0v) is 49.5. The van der Waals surface area contributed by atoms with Gasteiger partial charge in [0.05, 0.1) is 22.7 Å². The van der Waals surface area contributed by atoms with E-state index in [0.29, 0.717) is 31.9 Å². The lowest BCUT2D eigenvalue weighted by atomic mass is 9.84. The third kappa shape index (κ3) is 16.9. The number of carboxylic acid groups (broad SMARTS) is 1. The molecule has 14 nitrogen and oxygen atoms in total. The summed E-state index contributed by atoms with van der Waals surface area (Å²) >= 11 is 1.64. The van der Waals surface area contributed by atoms with Crippen molar-refractivity contribution < 1.29 is 44.7 Å². The normalized spacial score (nSPS) is 13.2. The molecule has 0 fully saturated rings. The lowest BCUT2D eigenvalue weighted by molar-refractivity contribution is -0.139. The molecule has 85 heavy (non-hydrogen) atoms. The zero-order chi connectivity index (χ0) is 61.3. The Kier molecular flexibility index (Phi) is 26.0. The molecule has 7 aromatic carbocycles. The first-order valence-corrected chi connectivity index (χ1v) is 29.5. The number of hydrogen-bond acceptors (Lipinski definition) is 10. The summed E-state index contributed by atoms with van der Waals surface area (Å²) in [4.78, 5) is 73.7. The molecule has 2 aliphatic rings. The number of aliphatic carboxylic acids is 1. The maximum atomic E-state index is 13.8. The average molecular weight is 1170 g/mol. The number of likely N-dealkylation sites (N-methyl/N-ethyl adjacent to an activating group) is 1. The first kappa shape index (κ1) is 65.6. The number of fused-ring (bicyclic) bond motifs is 6. The highest BCUT2D eigenvalue weighted by molar-refractivity contribution is 8.00. The topological polar surface area (TPSA) is 215 Å². The van der Waals surface area contributed by atoms with E-state index in [1.807, 2.05) is 129 Å². The number of carbonyl (C=O) groups excluding carboxylic acids is 5. The van der Waals surface area contributed by atoms with Gasteiger partial charge in [-0.3, -0.25) is 14.4 Å². The van der Waals surface area contributed by atoms with Gasteiger partial charge in [0, 0.05) is 39.5 Å². The molecule has 4 amide bonds. The van der Waals surface area contributed by atoms with Crippen LogP contribution in [0.1, 0.15) is 120 Å². The summed E-state index contributed by atoms with van der Waals surface area (Å²) in [7, 11) is 3.17. The molecule has 2 aliphatic carbocycles. The van der Waals surface area contributed by atoms with Crippen molar-refractivity contribution in [2.45, 2.75) is 102 Å². The van der Waals surface area contributed by atoms with Gasteiger partial charge in [-0.1, -0.05) is 230 Å². The van der Waals surface area contributed by atoms with Crippen molar-refractivity contribution in [3.63, 3.8) is 0 Å². The number of hydrogen-bond donors (Lipinski definition) is 6. The van der Waals surface area contributed by atoms with E-state index in [4.69, 9.17) is 21.7 Å². The molecular formula is C70H83N5O9S. The summed E-state index contributed by atoms with van der Waals surface area (Å²) in [6.07, 6.45) is 0.00137. The number of alkyl carbamates (subject to hydrolysis) is 2. The Morgan fingerprint density at radius 3 is 1.18 bits per heavy atom. The van der Waals surface area contributed by atoms with Gasteiger partial charge in [0.1, 0.15) is 19.3 Å². The van der Waals surface area contributed by atoms with Crippen LogP contribution in [-0.4, -0.2) is 92.0 Å². The van der Waals surface area contributed by atoms with Crippen LogP contribution in [0.5, 0.6) is 0 Å². The lowest BCUT2D eigenvalue weighted by Crippen LogP contribution is -2.43. The van der Waals surface area contributed by atoms with E-state index in [0.717, 1.165) is 61.2 Å². The maximum Gasteiger partial charge on any atom is 0.407 e. The van der Waals surface area contributed by atoms with Crippen LogP contribution in [0, 0.1) is 5.92 Å². The highest BCUT2D eigenvalue weighted by Gasteiger charge is 2.39. The average Bonchev–Trinajstić information content (AvgIpc) is 1.42. The van der Waals surface area contributed by atoms with E-state index < -0.39 is 40.9 Å². The molecular weight excluding hydrogens is 1090 g/mol. The van der Waals surface area contributed by atoms with Crippen LogP contribution < -0.4 is 27.0 Å². The van der Waals surface area contributed by atoms with E-state index >= 15 is 0 Å². The summed E-state index contributed by atoms with van der Waals surface area (Å²) in [5, 5.41) is 19.4. The predicted molar refractivity (Wildman–Crippen MR) is 341 cm³/mol. The largest absolute Gasteiger partial charge is 0.480 e. The van der Waals surface area contributed by atoms with Crippen LogP contribution in [0.15, 0.2) is 188 Å². The van der Waals surface area contributed by atoms with Crippen molar-refractivity contribution in [2.24, 2.45) is 11.7 Å². The number of ketones is 1. The fourth-order valence-electron chi connectivity index (χ4n) is 10.5. The second kappa shape index (κ2) is 33.7. The molecule has 7 aromatic rings. The van der Waals surface area contributed by atoms with Gasteiger partial charge in [0.25, 0.3) is 0 Å². The molecule has 0 aromatic heterocycles. The SMILES string of the molecule is C.CCC(N)C(=O)NC.CCC(NC(=O)OCC1c2ccccc2-c2ccccc21)C(=O)CC(CSC(c1ccccc1)(c1ccccc1)c1ccccc1)C(=O)NC.CCC(NC(=O)OCC1c2ccccc2-c2ccccc21)C(=O)O.[2H]CC. The van der Waals surface area contributed by atoms with E-state index in [9.17, 15) is 28.8 Å². The molecule has 0 spiro atoms. The molecule has 0 saturated carbocycles. The Bertz CT molecular complexity index is 3110. The summed E-state index contributed by atoms with van der Waals surface area (Å²) < 4.78 is 16.6. The first-order valence-electron chi connectivity index (χ1n) is 29.2. The molecule has 448 valence electrons. The summed E-state index contributed by atoms with van der Waals surface area (Å²) in [6.45, 7) is 8.04. The Labute approximate surface area is 507 Å². The van der Waals surface area contributed by atoms with E-state index in [2.05, 4.69) is 94.1 Å². The van der Waals surface area contributed by atoms with Crippen molar-refractivity contribution in [2.75, 3.05) is 33.1 Å². The molecule has 0 saturated heterocycles. The second-order valence-electron chi connectivity index (χ2n) is 19.9. The summed E-state index contributed by atoms with van der Waals surface area (Å²) in [5.41, 5.74) is 17.6. The number of amides is 4. The van der Waals surface area contributed by atoms with Crippen molar-refractivity contribution in [3.05, 3.63) is 227 Å². The molecule has 15 heteroatoms. The van der Waals surface area contributed by atoms with Crippen LogP contribution >= 0.6 is 11.8 Å². The molecule has 4 unspecified atom stereocenters. The number of nitrogens with two attached hydrogens (primary N) is 1. The Balaban J connectivity index is 0.000000309. The number of carboxylic acids is 1. The van der Waals surface area contributed by atoms with Crippen molar-refractivity contribution in [3.8, 4) is 22.3 Å². The third-order valence-corrected chi connectivity index (χ3v) is 16.6.